The van der Waals surface area contributed by atoms with Crippen molar-refractivity contribution in [3.05, 3.63) is 22.7 Å². The normalized spacial score (nSPS) is 16.7. The van der Waals surface area contributed by atoms with Crippen LogP contribution in [0.2, 0.25) is 0 Å². The largest absolute Gasteiger partial charge is 0.496 e. The van der Waals surface area contributed by atoms with Gasteiger partial charge in [-0.05, 0) is 46.5 Å². The van der Waals surface area contributed by atoms with E-state index in [9.17, 15) is 8.42 Å². The van der Waals surface area contributed by atoms with E-state index in [1.54, 1.807) is 25.3 Å². The molecule has 0 unspecified atom stereocenters. The molecular weight excluding hydrogens is 328 g/mol. The third-order valence-corrected chi connectivity index (χ3v) is 6.12. The fourth-order valence-electron chi connectivity index (χ4n) is 2.58. The van der Waals surface area contributed by atoms with Gasteiger partial charge in [0.1, 0.15) is 5.75 Å². The number of hydrogen-bond acceptors (Lipinski definition) is 3. The monoisotopic (exact) mass is 346 g/mol. The maximum absolute atomic E-state index is 12.3. The van der Waals surface area contributed by atoms with Gasteiger partial charge in [-0.25, -0.2) is 8.42 Å². The highest BCUT2D eigenvalue weighted by Crippen LogP contribution is 2.31. The number of halogens is 1. The lowest BCUT2D eigenvalue weighted by Gasteiger charge is -2.10. The van der Waals surface area contributed by atoms with Crippen LogP contribution in [0, 0.1) is 5.92 Å². The molecular formula is C14H19BrO3S. The quantitative estimate of drug-likeness (QED) is 0.813. The number of methoxy groups -OCH3 is 1. The van der Waals surface area contributed by atoms with Gasteiger partial charge in [0.2, 0.25) is 0 Å². The van der Waals surface area contributed by atoms with Crippen LogP contribution in [0.1, 0.15) is 32.1 Å². The molecule has 0 N–H and O–H groups in total. The second-order valence-electron chi connectivity index (χ2n) is 5.05. The molecule has 0 saturated heterocycles. The summed E-state index contributed by atoms with van der Waals surface area (Å²) >= 11 is 3.33. The van der Waals surface area contributed by atoms with E-state index < -0.39 is 9.84 Å². The molecule has 1 aliphatic carbocycles. The zero-order valence-corrected chi connectivity index (χ0v) is 13.5. The molecule has 0 spiro atoms. The minimum absolute atomic E-state index is 0.246. The minimum atomic E-state index is -3.18. The fourth-order valence-corrected chi connectivity index (χ4v) is 4.72. The van der Waals surface area contributed by atoms with E-state index >= 15 is 0 Å². The number of sulfone groups is 1. The van der Waals surface area contributed by atoms with Gasteiger partial charge in [-0.15, -0.1) is 0 Å². The maximum Gasteiger partial charge on any atom is 0.178 e. The molecule has 0 radical (unpaired) electrons. The van der Waals surface area contributed by atoms with Crippen LogP contribution < -0.4 is 4.74 Å². The summed E-state index contributed by atoms with van der Waals surface area (Å²) in [6.45, 7) is 0. The Morgan fingerprint density at radius 2 is 2.00 bits per heavy atom. The Morgan fingerprint density at radius 3 is 2.58 bits per heavy atom. The van der Waals surface area contributed by atoms with E-state index in [2.05, 4.69) is 15.9 Å². The van der Waals surface area contributed by atoms with Crippen molar-refractivity contribution in [2.45, 2.75) is 37.0 Å². The molecule has 0 bridgehead atoms. The van der Waals surface area contributed by atoms with E-state index in [4.69, 9.17) is 4.74 Å². The van der Waals surface area contributed by atoms with Crippen LogP contribution in [0.5, 0.6) is 5.75 Å². The highest BCUT2D eigenvalue weighted by atomic mass is 79.9. The van der Waals surface area contributed by atoms with E-state index in [1.807, 2.05) is 0 Å². The maximum atomic E-state index is 12.3. The van der Waals surface area contributed by atoms with Gasteiger partial charge in [-0.1, -0.05) is 25.7 Å². The molecule has 0 heterocycles. The first-order chi connectivity index (χ1) is 9.03. The third-order valence-electron chi connectivity index (χ3n) is 3.75. The number of hydrogen-bond donors (Lipinski definition) is 0. The van der Waals surface area contributed by atoms with Crippen molar-refractivity contribution < 1.29 is 13.2 Å². The van der Waals surface area contributed by atoms with E-state index in [1.165, 1.54) is 25.7 Å². The lowest BCUT2D eigenvalue weighted by molar-refractivity contribution is 0.411. The molecule has 0 aliphatic heterocycles. The fraction of sp³-hybridized carbons (Fsp3) is 0.571. The van der Waals surface area contributed by atoms with Crippen LogP contribution >= 0.6 is 15.9 Å². The van der Waals surface area contributed by atoms with Gasteiger partial charge in [-0.3, -0.25) is 0 Å². The van der Waals surface area contributed by atoms with Crippen LogP contribution in [-0.2, 0) is 9.84 Å². The average molecular weight is 347 g/mol. The van der Waals surface area contributed by atoms with E-state index in [-0.39, 0.29) is 5.75 Å². The van der Waals surface area contributed by atoms with Gasteiger partial charge in [0.15, 0.2) is 9.84 Å². The Morgan fingerprint density at radius 1 is 1.32 bits per heavy atom. The summed E-state index contributed by atoms with van der Waals surface area (Å²) in [5.74, 6) is 1.49. The highest BCUT2D eigenvalue weighted by Gasteiger charge is 2.21. The SMILES string of the molecule is COc1ccc(S(=O)(=O)CCC2CCCC2)cc1Br. The summed E-state index contributed by atoms with van der Waals surface area (Å²) < 4.78 is 30.3. The molecule has 19 heavy (non-hydrogen) atoms. The highest BCUT2D eigenvalue weighted by molar-refractivity contribution is 9.10. The first-order valence-electron chi connectivity index (χ1n) is 6.59. The van der Waals surface area contributed by atoms with Crippen molar-refractivity contribution in [3.8, 4) is 5.75 Å². The molecule has 1 aromatic carbocycles. The van der Waals surface area contributed by atoms with Gasteiger partial charge >= 0.3 is 0 Å². The summed E-state index contributed by atoms with van der Waals surface area (Å²) in [5.41, 5.74) is 0. The van der Waals surface area contributed by atoms with Crippen molar-refractivity contribution in [3.63, 3.8) is 0 Å². The van der Waals surface area contributed by atoms with Crippen LogP contribution in [0.4, 0.5) is 0 Å². The van der Waals surface area contributed by atoms with Crippen LogP contribution in [0.25, 0.3) is 0 Å². The zero-order chi connectivity index (χ0) is 13.9. The van der Waals surface area contributed by atoms with Crippen molar-refractivity contribution in [1.82, 2.24) is 0 Å². The minimum Gasteiger partial charge on any atom is -0.496 e. The van der Waals surface area contributed by atoms with Gasteiger partial charge in [-0.2, -0.15) is 0 Å². The predicted molar refractivity (Wildman–Crippen MR) is 79.3 cm³/mol. The van der Waals surface area contributed by atoms with E-state index in [0.29, 0.717) is 21.0 Å². The molecule has 3 nitrogen and oxygen atoms in total. The van der Waals surface area contributed by atoms with Gasteiger partial charge in [0.25, 0.3) is 0 Å². The topological polar surface area (TPSA) is 43.4 Å². The first kappa shape index (κ1) is 14.9. The Labute approximate surface area is 123 Å². The summed E-state index contributed by atoms with van der Waals surface area (Å²) in [6, 6.07) is 4.93. The Balaban J connectivity index is 2.08. The zero-order valence-electron chi connectivity index (χ0n) is 11.1. The summed E-state index contributed by atoms with van der Waals surface area (Å²) in [4.78, 5) is 0.373. The van der Waals surface area contributed by atoms with Crippen LogP contribution in [0.3, 0.4) is 0 Å². The molecule has 5 heteroatoms. The number of rotatable bonds is 5. The lowest BCUT2D eigenvalue weighted by Crippen LogP contribution is -2.10. The van der Waals surface area contributed by atoms with Crippen molar-refractivity contribution >= 4 is 25.8 Å². The smallest absolute Gasteiger partial charge is 0.178 e. The van der Waals surface area contributed by atoms with Crippen molar-refractivity contribution in [1.29, 1.82) is 0 Å². The summed E-state index contributed by atoms with van der Waals surface area (Å²) in [7, 11) is -1.62. The summed E-state index contributed by atoms with van der Waals surface area (Å²) in [5, 5.41) is 0. The molecule has 106 valence electrons. The number of ether oxygens (including phenoxy) is 1. The second-order valence-corrected chi connectivity index (χ2v) is 8.02. The average Bonchev–Trinajstić information content (AvgIpc) is 2.89. The lowest BCUT2D eigenvalue weighted by atomic mass is 10.1. The molecule has 1 aliphatic rings. The van der Waals surface area contributed by atoms with Crippen LogP contribution in [-0.4, -0.2) is 21.3 Å². The molecule has 0 aromatic heterocycles. The van der Waals surface area contributed by atoms with E-state index in [0.717, 1.165) is 6.42 Å². The standard InChI is InChI=1S/C14H19BrO3S/c1-18-14-7-6-12(10-13(14)15)19(16,17)9-8-11-4-2-3-5-11/h6-7,10-11H,2-5,8-9H2,1H3. The second kappa shape index (κ2) is 6.27. The Kier molecular flexibility index (Phi) is 4.90. The molecule has 0 atom stereocenters. The molecule has 1 saturated carbocycles. The van der Waals surface area contributed by atoms with Crippen LogP contribution in [0.15, 0.2) is 27.6 Å². The molecule has 2 rings (SSSR count). The molecule has 1 fully saturated rings. The van der Waals surface area contributed by atoms with Gasteiger partial charge in [0.05, 0.1) is 22.2 Å². The number of benzene rings is 1. The predicted octanol–water partition coefficient (Wildman–Crippen LogP) is 3.81. The van der Waals surface area contributed by atoms with Crippen molar-refractivity contribution in [2.75, 3.05) is 12.9 Å². The summed E-state index contributed by atoms with van der Waals surface area (Å²) in [6.07, 6.45) is 5.65. The molecule has 0 amide bonds. The Hall–Kier alpha value is -0.550. The Bertz CT molecular complexity index is 534. The first-order valence-corrected chi connectivity index (χ1v) is 9.04. The molecule has 1 aromatic rings. The van der Waals surface area contributed by atoms with Gasteiger partial charge in [0, 0.05) is 0 Å². The van der Waals surface area contributed by atoms with Crippen molar-refractivity contribution in [2.24, 2.45) is 5.92 Å². The van der Waals surface area contributed by atoms with Gasteiger partial charge < -0.3 is 4.74 Å². The third kappa shape index (κ3) is 3.72.